The second-order valence-electron chi connectivity index (χ2n) is 6.73. The minimum absolute atomic E-state index is 0.404. The number of anilines is 1. The average Bonchev–Trinajstić information content (AvgIpc) is 3.01. The van der Waals surface area contributed by atoms with Gasteiger partial charge in [0.25, 0.3) is 0 Å². The lowest BCUT2D eigenvalue weighted by molar-refractivity contribution is 0.329. The number of benzene rings is 1. The standard InChI is InChI=1S/C17H25N3O3S2/c1-12-5-6-14(23-3)15-16(12)24-17(18-15)20-9-7-13(8-10-20)11-19(2)25(4,21)22/h5-6,13H,7-11H2,1-4H3. The molecular weight excluding hydrogens is 358 g/mol. The number of hydrogen-bond acceptors (Lipinski definition) is 6. The van der Waals surface area contributed by atoms with Crippen LogP contribution in [0.15, 0.2) is 12.1 Å². The number of thiazole rings is 1. The van der Waals surface area contributed by atoms with Crippen molar-refractivity contribution in [1.29, 1.82) is 0 Å². The Kier molecular flexibility index (Phi) is 5.22. The number of nitrogens with zero attached hydrogens (tertiary/aromatic N) is 3. The van der Waals surface area contributed by atoms with E-state index < -0.39 is 10.0 Å². The zero-order chi connectivity index (χ0) is 18.2. The molecule has 1 aliphatic rings. The topological polar surface area (TPSA) is 62.7 Å². The molecular formula is C17H25N3O3S2. The van der Waals surface area contributed by atoms with Crippen LogP contribution in [-0.4, -0.2) is 57.8 Å². The molecule has 0 saturated carbocycles. The maximum absolute atomic E-state index is 11.6. The Balaban J connectivity index is 1.71. The first kappa shape index (κ1) is 18.4. The molecule has 0 radical (unpaired) electrons. The molecule has 0 atom stereocenters. The lowest BCUT2D eigenvalue weighted by Gasteiger charge is -2.33. The van der Waals surface area contributed by atoms with Crippen molar-refractivity contribution in [2.45, 2.75) is 19.8 Å². The lowest BCUT2D eigenvalue weighted by Crippen LogP contribution is -2.39. The number of aromatic nitrogens is 1. The van der Waals surface area contributed by atoms with Gasteiger partial charge in [-0.1, -0.05) is 17.4 Å². The second-order valence-corrected chi connectivity index (χ2v) is 9.80. The second kappa shape index (κ2) is 7.09. The third-order valence-corrected chi connectivity index (χ3v) is 7.41. The number of sulfonamides is 1. The molecule has 2 heterocycles. The molecule has 0 amide bonds. The fourth-order valence-electron chi connectivity index (χ4n) is 3.20. The van der Waals surface area contributed by atoms with E-state index in [2.05, 4.69) is 17.9 Å². The van der Waals surface area contributed by atoms with Crippen molar-refractivity contribution >= 4 is 36.7 Å². The number of hydrogen-bond donors (Lipinski definition) is 0. The monoisotopic (exact) mass is 383 g/mol. The molecule has 8 heteroatoms. The van der Waals surface area contributed by atoms with Crippen LogP contribution in [0.2, 0.25) is 0 Å². The molecule has 1 saturated heterocycles. The van der Waals surface area contributed by atoms with Crippen LogP contribution >= 0.6 is 11.3 Å². The number of fused-ring (bicyclic) bond motifs is 1. The van der Waals surface area contributed by atoms with Crippen LogP contribution in [0.4, 0.5) is 5.13 Å². The molecule has 0 unspecified atom stereocenters. The maximum Gasteiger partial charge on any atom is 0.210 e. The largest absolute Gasteiger partial charge is 0.494 e. The van der Waals surface area contributed by atoms with Gasteiger partial charge in [0.2, 0.25) is 10.0 Å². The van der Waals surface area contributed by atoms with Gasteiger partial charge in [-0.25, -0.2) is 17.7 Å². The van der Waals surface area contributed by atoms with E-state index >= 15 is 0 Å². The van der Waals surface area contributed by atoms with Gasteiger partial charge in [0.1, 0.15) is 11.3 Å². The van der Waals surface area contributed by atoms with Crippen molar-refractivity contribution in [3.05, 3.63) is 17.7 Å². The molecule has 25 heavy (non-hydrogen) atoms. The van der Waals surface area contributed by atoms with Crippen LogP contribution in [0.25, 0.3) is 10.2 Å². The van der Waals surface area contributed by atoms with Gasteiger partial charge in [0.15, 0.2) is 5.13 Å². The van der Waals surface area contributed by atoms with Crippen molar-refractivity contribution in [3.8, 4) is 5.75 Å². The van der Waals surface area contributed by atoms with Crippen LogP contribution in [0.1, 0.15) is 18.4 Å². The van der Waals surface area contributed by atoms with Gasteiger partial charge in [0, 0.05) is 26.7 Å². The zero-order valence-electron chi connectivity index (χ0n) is 15.2. The molecule has 0 bridgehead atoms. The Bertz CT molecular complexity index is 855. The highest BCUT2D eigenvalue weighted by atomic mass is 32.2. The highest BCUT2D eigenvalue weighted by Gasteiger charge is 2.25. The minimum atomic E-state index is -3.10. The predicted molar refractivity (Wildman–Crippen MR) is 103 cm³/mol. The van der Waals surface area contributed by atoms with E-state index in [0.717, 1.165) is 42.3 Å². The first-order valence-corrected chi connectivity index (χ1v) is 11.1. The summed E-state index contributed by atoms with van der Waals surface area (Å²) in [5, 5.41) is 1.03. The predicted octanol–water partition coefficient (Wildman–Crippen LogP) is 2.72. The average molecular weight is 384 g/mol. The van der Waals surface area contributed by atoms with E-state index in [9.17, 15) is 8.42 Å². The molecule has 0 aliphatic carbocycles. The Morgan fingerprint density at radius 1 is 1.36 bits per heavy atom. The third-order valence-electron chi connectivity index (χ3n) is 4.88. The molecule has 138 valence electrons. The van der Waals surface area contributed by atoms with Crippen LogP contribution in [-0.2, 0) is 10.0 Å². The van der Waals surface area contributed by atoms with Crippen LogP contribution in [0.3, 0.4) is 0 Å². The number of aryl methyl sites for hydroxylation is 1. The molecule has 0 N–H and O–H groups in total. The summed E-state index contributed by atoms with van der Waals surface area (Å²) in [5.74, 6) is 1.22. The van der Waals surface area contributed by atoms with Gasteiger partial charge in [-0.15, -0.1) is 0 Å². The molecule has 6 nitrogen and oxygen atoms in total. The molecule has 1 aromatic carbocycles. The summed E-state index contributed by atoms with van der Waals surface area (Å²) in [6, 6.07) is 4.03. The molecule has 3 rings (SSSR count). The van der Waals surface area contributed by atoms with E-state index in [4.69, 9.17) is 9.72 Å². The van der Waals surface area contributed by atoms with Crippen molar-refractivity contribution in [2.24, 2.45) is 5.92 Å². The van der Waals surface area contributed by atoms with E-state index in [1.807, 2.05) is 6.07 Å². The summed E-state index contributed by atoms with van der Waals surface area (Å²) >= 11 is 1.71. The fourth-order valence-corrected chi connectivity index (χ4v) is 4.79. The van der Waals surface area contributed by atoms with Gasteiger partial charge in [-0.2, -0.15) is 0 Å². The molecule has 1 aliphatic heterocycles. The Morgan fingerprint density at radius 3 is 2.64 bits per heavy atom. The van der Waals surface area contributed by atoms with Crippen molar-refractivity contribution < 1.29 is 13.2 Å². The van der Waals surface area contributed by atoms with E-state index in [1.54, 1.807) is 25.5 Å². The smallest absolute Gasteiger partial charge is 0.210 e. The summed E-state index contributed by atoms with van der Waals surface area (Å²) in [4.78, 5) is 7.11. The van der Waals surface area contributed by atoms with Crippen LogP contribution < -0.4 is 9.64 Å². The number of piperidine rings is 1. The van der Waals surface area contributed by atoms with Gasteiger partial charge in [-0.3, -0.25) is 0 Å². The van der Waals surface area contributed by atoms with Crippen LogP contribution in [0.5, 0.6) is 5.75 Å². The van der Waals surface area contributed by atoms with Crippen molar-refractivity contribution in [2.75, 3.05) is 44.9 Å². The highest BCUT2D eigenvalue weighted by Crippen LogP contribution is 2.37. The summed E-state index contributed by atoms with van der Waals surface area (Å²) in [7, 11) is 0.228. The summed E-state index contributed by atoms with van der Waals surface area (Å²) in [6.07, 6.45) is 3.22. The molecule has 1 fully saturated rings. The van der Waals surface area contributed by atoms with E-state index in [1.165, 1.54) is 20.8 Å². The maximum atomic E-state index is 11.6. The minimum Gasteiger partial charge on any atom is -0.494 e. The number of methoxy groups -OCH3 is 1. The Hall–Kier alpha value is -1.38. The van der Waals surface area contributed by atoms with Gasteiger partial charge in [-0.05, 0) is 37.3 Å². The van der Waals surface area contributed by atoms with Crippen molar-refractivity contribution in [3.63, 3.8) is 0 Å². The number of ether oxygens (including phenoxy) is 1. The fraction of sp³-hybridized carbons (Fsp3) is 0.588. The summed E-state index contributed by atoms with van der Waals surface area (Å²) in [6.45, 7) is 4.50. The van der Waals surface area contributed by atoms with Crippen molar-refractivity contribution in [1.82, 2.24) is 9.29 Å². The van der Waals surface area contributed by atoms with E-state index in [-0.39, 0.29) is 0 Å². The quantitative estimate of drug-likeness (QED) is 0.794. The summed E-state index contributed by atoms with van der Waals surface area (Å²) < 4.78 is 31.2. The Labute approximate surface area is 153 Å². The van der Waals surface area contributed by atoms with E-state index in [0.29, 0.717) is 12.5 Å². The molecule has 1 aromatic heterocycles. The lowest BCUT2D eigenvalue weighted by atomic mass is 9.97. The summed E-state index contributed by atoms with van der Waals surface area (Å²) in [5.41, 5.74) is 2.14. The SMILES string of the molecule is COc1ccc(C)c2sc(N3CCC(CN(C)S(C)(=O)=O)CC3)nc12. The Morgan fingerprint density at radius 2 is 2.04 bits per heavy atom. The van der Waals surface area contributed by atoms with Gasteiger partial charge >= 0.3 is 0 Å². The van der Waals surface area contributed by atoms with Gasteiger partial charge in [0.05, 0.1) is 18.1 Å². The first-order chi connectivity index (χ1) is 11.8. The third kappa shape index (κ3) is 3.91. The zero-order valence-corrected chi connectivity index (χ0v) is 16.8. The van der Waals surface area contributed by atoms with Crippen LogP contribution in [0, 0.1) is 12.8 Å². The normalized spacial score (nSPS) is 16.8. The number of rotatable bonds is 5. The highest BCUT2D eigenvalue weighted by molar-refractivity contribution is 7.88. The van der Waals surface area contributed by atoms with Gasteiger partial charge < -0.3 is 9.64 Å². The molecule has 2 aromatic rings. The molecule has 0 spiro atoms. The first-order valence-electron chi connectivity index (χ1n) is 8.40.